The molecule has 5 nitrogen and oxygen atoms in total. The van der Waals surface area contributed by atoms with E-state index < -0.39 is 15.2 Å². The summed E-state index contributed by atoms with van der Waals surface area (Å²) < 4.78 is 41.6. The average Bonchev–Trinajstić information content (AvgIpc) is 2.72. The van der Waals surface area contributed by atoms with Gasteiger partial charge in [0.1, 0.15) is 11.9 Å². The molecule has 0 saturated heterocycles. The molecule has 1 amide bonds. The van der Waals surface area contributed by atoms with Crippen LogP contribution in [0.3, 0.4) is 0 Å². The molecule has 0 aliphatic carbocycles. The zero-order valence-electron chi connectivity index (χ0n) is 15.8. The van der Waals surface area contributed by atoms with Crippen molar-refractivity contribution < 1.29 is 22.3 Å². The summed E-state index contributed by atoms with van der Waals surface area (Å²) in [7, 11) is 1.47. The van der Waals surface area contributed by atoms with Crippen LogP contribution in [0.1, 0.15) is 11.1 Å². The van der Waals surface area contributed by atoms with E-state index in [0.717, 1.165) is 11.1 Å². The van der Waals surface area contributed by atoms with Crippen molar-refractivity contribution in [2.24, 2.45) is 0 Å². The molecule has 8 heteroatoms. The zero-order valence-corrected chi connectivity index (χ0v) is 17.4. The number of carbonyl (C=O) groups excluding carboxylic acids is 1. The summed E-state index contributed by atoms with van der Waals surface area (Å²) in [5.74, 6) is -0.734. The minimum Gasteiger partial charge on any atom is -0.363 e. The zero-order chi connectivity index (χ0) is 21.6. The Hall–Kier alpha value is -2.74. The van der Waals surface area contributed by atoms with Crippen molar-refractivity contribution in [2.75, 3.05) is 5.32 Å². The first-order valence-corrected chi connectivity index (χ1v) is 11.4. The lowest BCUT2D eigenvalue weighted by atomic mass is 10.1. The Kier molecular flexibility index (Phi) is 7.20. The Morgan fingerprint density at radius 2 is 1.57 bits per heavy atom. The molecule has 0 aliphatic heterocycles. The number of nitrogens with one attached hydrogen (secondary N) is 1. The van der Waals surface area contributed by atoms with Gasteiger partial charge in [0.25, 0.3) is 15.0 Å². The van der Waals surface area contributed by atoms with Crippen molar-refractivity contribution >= 4 is 31.3 Å². The van der Waals surface area contributed by atoms with Gasteiger partial charge < -0.3 is 10.1 Å². The predicted molar refractivity (Wildman–Crippen MR) is 113 cm³/mol. The maximum absolute atomic E-state index is 13.1. The number of carbonyl (C=O) groups is 1. The minimum absolute atomic E-state index is 0.0597. The number of ether oxygens (including phenoxy) is 1. The third-order valence-electron chi connectivity index (χ3n) is 4.32. The highest BCUT2D eigenvalue weighted by molar-refractivity contribution is 8.13. The number of benzene rings is 3. The van der Waals surface area contributed by atoms with E-state index in [2.05, 4.69) is 5.32 Å². The van der Waals surface area contributed by atoms with Crippen molar-refractivity contribution in [1.82, 2.24) is 0 Å². The second-order valence-electron chi connectivity index (χ2n) is 6.57. The predicted octanol–water partition coefficient (Wildman–Crippen LogP) is 4.52. The van der Waals surface area contributed by atoms with Crippen molar-refractivity contribution in [3.05, 3.63) is 95.8 Å². The number of amides is 1. The van der Waals surface area contributed by atoms with Gasteiger partial charge in [-0.2, -0.15) is 0 Å². The molecular formula is C22H19ClFNO4S. The highest BCUT2D eigenvalue weighted by Gasteiger charge is 2.20. The molecule has 1 atom stereocenters. The van der Waals surface area contributed by atoms with E-state index in [0.29, 0.717) is 12.1 Å². The summed E-state index contributed by atoms with van der Waals surface area (Å²) in [6.07, 6.45) is -0.476. The fraction of sp³-hybridized carbons (Fsp3) is 0.136. The van der Waals surface area contributed by atoms with Crippen LogP contribution in [0, 0.1) is 5.82 Å². The van der Waals surface area contributed by atoms with Crippen LogP contribution in [0.5, 0.6) is 0 Å². The highest BCUT2D eigenvalue weighted by Crippen LogP contribution is 2.19. The number of hydrogen-bond donors (Lipinski definition) is 1. The van der Waals surface area contributed by atoms with Crippen LogP contribution in [0.15, 0.2) is 83.8 Å². The first kappa shape index (κ1) is 22.0. The number of halogens is 2. The van der Waals surface area contributed by atoms with E-state index in [-0.39, 0.29) is 23.2 Å². The van der Waals surface area contributed by atoms with Crippen LogP contribution in [0.25, 0.3) is 0 Å². The smallest absolute Gasteiger partial charge is 0.261 e. The third-order valence-corrected chi connectivity index (χ3v) is 5.69. The summed E-state index contributed by atoms with van der Waals surface area (Å²) in [4.78, 5) is 12.8. The maximum atomic E-state index is 13.1. The molecule has 0 saturated carbocycles. The van der Waals surface area contributed by atoms with Gasteiger partial charge in [-0.3, -0.25) is 4.79 Å². The lowest BCUT2D eigenvalue weighted by Gasteiger charge is -2.18. The van der Waals surface area contributed by atoms with Crippen LogP contribution >= 0.6 is 10.7 Å². The lowest BCUT2D eigenvalue weighted by Crippen LogP contribution is -2.32. The van der Waals surface area contributed by atoms with Crippen LogP contribution in [0.4, 0.5) is 10.1 Å². The fourth-order valence-corrected chi connectivity index (χ4v) is 3.53. The van der Waals surface area contributed by atoms with Crippen molar-refractivity contribution in [3.8, 4) is 0 Å². The Balaban J connectivity index is 1.72. The molecule has 0 aromatic heterocycles. The number of anilines is 1. The van der Waals surface area contributed by atoms with E-state index in [1.165, 1.54) is 36.4 Å². The molecule has 3 aromatic carbocycles. The summed E-state index contributed by atoms with van der Waals surface area (Å²) in [5.41, 5.74) is 2.06. The second-order valence-corrected chi connectivity index (χ2v) is 9.13. The average molecular weight is 448 g/mol. The number of hydrogen-bond acceptors (Lipinski definition) is 4. The fourth-order valence-electron chi connectivity index (χ4n) is 2.76. The van der Waals surface area contributed by atoms with Gasteiger partial charge >= 0.3 is 0 Å². The van der Waals surface area contributed by atoms with E-state index >= 15 is 0 Å². The maximum Gasteiger partial charge on any atom is 0.261 e. The van der Waals surface area contributed by atoms with Crippen molar-refractivity contribution in [1.29, 1.82) is 0 Å². The Labute approximate surface area is 178 Å². The van der Waals surface area contributed by atoms with E-state index in [9.17, 15) is 17.6 Å². The van der Waals surface area contributed by atoms with E-state index in [1.54, 1.807) is 12.1 Å². The monoisotopic (exact) mass is 447 g/mol. The normalized spacial score (nSPS) is 12.3. The van der Waals surface area contributed by atoms with Crippen molar-refractivity contribution in [3.63, 3.8) is 0 Å². The van der Waals surface area contributed by atoms with Crippen LogP contribution in [-0.2, 0) is 31.6 Å². The largest absolute Gasteiger partial charge is 0.363 e. The summed E-state index contributed by atoms with van der Waals surface area (Å²) in [6.45, 7) is 0.134. The molecule has 156 valence electrons. The van der Waals surface area contributed by atoms with Crippen molar-refractivity contribution in [2.45, 2.75) is 24.0 Å². The Morgan fingerprint density at radius 1 is 0.933 bits per heavy atom. The molecular weight excluding hydrogens is 429 g/mol. The van der Waals surface area contributed by atoms with Crippen LogP contribution < -0.4 is 5.32 Å². The molecule has 3 aromatic rings. The van der Waals surface area contributed by atoms with Gasteiger partial charge in [-0.25, -0.2) is 12.8 Å². The highest BCUT2D eigenvalue weighted by atomic mass is 35.7. The van der Waals surface area contributed by atoms with Gasteiger partial charge in [-0.1, -0.05) is 42.5 Å². The molecule has 0 unspecified atom stereocenters. The molecule has 0 aliphatic rings. The SMILES string of the molecule is O=C(Nc1ccc(S(=O)(=O)Cl)cc1)[C@H](Cc1ccccc1)OCc1ccc(F)cc1. The number of rotatable bonds is 8. The standard InChI is InChI=1S/C22H19ClFNO4S/c23-30(27,28)20-12-10-19(11-13-20)25-22(26)21(14-16-4-2-1-3-5-16)29-15-17-6-8-18(24)9-7-17/h1-13,21H,14-15H2,(H,25,26)/t21-/m0/s1. The Bertz CT molecular complexity index is 1090. The van der Waals surface area contributed by atoms with Gasteiger partial charge in [0.05, 0.1) is 11.5 Å². The summed E-state index contributed by atoms with van der Waals surface area (Å²) in [5, 5.41) is 2.72. The summed E-state index contributed by atoms with van der Waals surface area (Å²) in [6, 6.07) is 20.8. The minimum atomic E-state index is -3.84. The van der Waals surface area contributed by atoms with E-state index in [4.69, 9.17) is 15.4 Å². The topological polar surface area (TPSA) is 72.5 Å². The summed E-state index contributed by atoms with van der Waals surface area (Å²) >= 11 is 0. The quantitative estimate of drug-likeness (QED) is 0.515. The van der Waals surface area contributed by atoms with Gasteiger partial charge in [0.15, 0.2) is 0 Å². The van der Waals surface area contributed by atoms with Gasteiger partial charge in [-0.05, 0) is 47.5 Å². The molecule has 0 heterocycles. The van der Waals surface area contributed by atoms with Crippen LogP contribution in [-0.4, -0.2) is 20.4 Å². The Morgan fingerprint density at radius 3 is 2.17 bits per heavy atom. The molecule has 0 spiro atoms. The van der Waals surface area contributed by atoms with Gasteiger partial charge in [0.2, 0.25) is 0 Å². The van der Waals surface area contributed by atoms with Gasteiger partial charge in [0, 0.05) is 22.8 Å². The van der Waals surface area contributed by atoms with Gasteiger partial charge in [-0.15, -0.1) is 0 Å². The van der Waals surface area contributed by atoms with Crippen LogP contribution in [0.2, 0.25) is 0 Å². The van der Waals surface area contributed by atoms with E-state index in [1.807, 2.05) is 30.3 Å². The second kappa shape index (κ2) is 9.84. The molecule has 0 bridgehead atoms. The molecule has 1 N–H and O–H groups in total. The molecule has 0 fully saturated rings. The first-order valence-electron chi connectivity index (χ1n) is 9.07. The third kappa shape index (κ3) is 6.38. The first-order chi connectivity index (χ1) is 14.3. The lowest BCUT2D eigenvalue weighted by molar-refractivity contribution is -0.128. The molecule has 3 rings (SSSR count). The molecule has 0 radical (unpaired) electrons. The molecule has 30 heavy (non-hydrogen) atoms.